The Morgan fingerprint density at radius 2 is 2.16 bits per heavy atom. The van der Waals surface area contributed by atoms with Gasteiger partial charge in [-0.3, -0.25) is 9.67 Å². The molecule has 0 aliphatic carbocycles. The quantitative estimate of drug-likeness (QED) is 0.637. The Bertz CT molecular complexity index is 777. The van der Waals surface area contributed by atoms with Gasteiger partial charge in [-0.25, -0.2) is 0 Å². The van der Waals surface area contributed by atoms with Crippen molar-refractivity contribution in [2.45, 2.75) is 0 Å². The van der Waals surface area contributed by atoms with Crippen LogP contribution in [0.5, 0.6) is 0 Å². The summed E-state index contributed by atoms with van der Waals surface area (Å²) in [6, 6.07) is 9.64. The van der Waals surface area contributed by atoms with Gasteiger partial charge in [0.1, 0.15) is 0 Å². The fourth-order valence-electron chi connectivity index (χ4n) is 1.76. The van der Waals surface area contributed by atoms with E-state index in [2.05, 4.69) is 26.1 Å². The molecule has 19 heavy (non-hydrogen) atoms. The number of benzene rings is 1. The monoisotopic (exact) mass is 371 g/mol. The average Bonchev–Trinajstić information content (AvgIpc) is 3.02. The van der Waals surface area contributed by atoms with Gasteiger partial charge in [-0.15, -0.1) is 11.3 Å². The van der Waals surface area contributed by atoms with Gasteiger partial charge >= 0.3 is 0 Å². The third kappa shape index (κ3) is 2.29. The maximum absolute atomic E-state index is 6.14. The Hall–Kier alpha value is -0.950. The lowest BCUT2D eigenvalue weighted by Crippen LogP contribution is -1.98. The van der Waals surface area contributed by atoms with E-state index in [4.69, 9.17) is 23.8 Å². The average molecular weight is 373 g/mol. The first-order valence-electron chi connectivity index (χ1n) is 5.34. The highest BCUT2D eigenvalue weighted by molar-refractivity contribution is 9.10. The summed E-state index contributed by atoms with van der Waals surface area (Å²) in [4.78, 5) is 1.04. The van der Waals surface area contributed by atoms with Crippen LogP contribution in [0.2, 0.25) is 5.02 Å². The molecule has 0 unspecified atom stereocenters. The van der Waals surface area contributed by atoms with Crippen LogP contribution in [0.3, 0.4) is 0 Å². The molecule has 0 fully saturated rings. The zero-order valence-corrected chi connectivity index (χ0v) is 13.4. The molecule has 0 amide bonds. The molecule has 2 aromatic heterocycles. The molecule has 3 nitrogen and oxygen atoms in total. The molecule has 0 saturated carbocycles. The fraction of sp³-hybridized carbons (Fsp3) is 0. The van der Waals surface area contributed by atoms with Crippen molar-refractivity contribution in [1.29, 1.82) is 0 Å². The highest BCUT2D eigenvalue weighted by Crippen LogP contribution is 2.32. The van der Waals surface area contributed by atoms with E-state index in [9.17, 15) is 0 Å². The molecule has 0 bridgehead atoms. The SMILES string of the molecule is S=c1[nH]nc(-c2cccs2)n1-c1cccc(Cl)c1Br. The maximum Gasteiger partial charge on any atom is 0.200 e. The first-order valence-corrected chi connectivity index (χ1v) is 7.80. The van der Waals surface area contributed by atoms with Crippen LogP contribution in [0.15, 0.2) is 40.2 Å². The minimum atomic E-state index is 0.534. The van der Waals surface area contributed by atoms with Crippen LogP contribution in [0.1, 0.15) is 0 Å². The van der Waals surface area contributed by atoms with E-state index in [1.165, 1.54) is 0 Å². The summed E-state index contributed by atoms with van der Waals surface area (Å²) in [5.74, 6) is 0.781. The van der Waals surface area contributed by atoms with Crippen LogP contribution in [0, 0.1) is 4.77 Å². The highest BCUT2D eigenvalue weighted by Gasteiger charge is 2.14. The van der Waals surface area contributed by atoms with Gasteiger partial charge in [0.25, 0.3) is 0 Å². The number of H-pyrrole nitrogens is 1. The first-order chi connectivity index (χ1) is 9.18. The predicted molar refractivity (Wildman–Crippen MR) is 84.8 cm³/mol. The zero-order valence-electron chi connectivity index (χ0n) is 9.43. The topological polar surface area (TPSA) is 33.6 Å². The highest BCUT2D eigenvalue weighted by atomic mass is 79.9. The Morgan fingerprint density at radius 3 is 2.89 bits per heavy atom. The minimum Gasteiger partial charge on any atom is -0.266 e. The van der Waals surface area contributed by atoms with Crippen molar-refractivity contribution < 1.29 is 0 Å². The smallest absolute Gasteiger partial charge is 0.200 e. The zero-order chi connectivity index (χ0) is 13.4. The number of rotatable bonds is 2. The molecule has 3 rings (SSSR count). The molecular formula is C12H7BrClN3S2. The molecule has 1 aromatic carbocycles. The van der Waals surface area contributed by atoms with E-state index in [1.54, 1.807) is 11.3 Å². The van der Waals surface area contributed by atoms with Crippen molar-refractivity contribution in [1.82, 2.24) is 14.8 Å². The van der Waals surface area contributed by atoms with Crippen LogP contribution >= 0.6 is 51.1 Å². The minimum absolute atomic E-state index is 0.534. The Balaban J connectivity index is 2.29. The van der Waals surface area contributed by atoms with Crippen molar-refractivity contribution in [3.05, 3.63) is 50.0 Å². The van der Waals surface area contributed by atoms with E-state index in [-0.39, 0.29) is 0 Å². The third-order valence-electron chi connectivity index (χ3n) is 2.59. The molecular weight excluding hydrogens is 366 g/mol. The molecule has 0 saturated heterocycles. The molecule has 96 valence electrons. The van der Waals surface area contributed by atoms with E-state index in [0.717, 1.165) is 20.9 Å². The van der Waals surface area contributed by atoms with Crippen LogP contribution in [-0.2, 0) is 0 Å². The van der Waals surface area contributed by atoms with E-state index >= 15 is 0 Å². The Labute approximate surface area is 132 Å². The van der Waals surface area contributed by atoms with Gasteiger partial charge in [0, 0.05) is 0 Å². The molecule has 7 heteroatoms. The van der Waals surface area contributed by atoms with Crippen molar-refractivity contribution >= 4 is 51.1 Å². The molecule has 2 heterocycles. The van der Waals surface area contributed by atoms with Crippen LogP contribution < -0.4 is 0 Å². The molecule has 0 aliphatic rings. The maximum atomic E-state index is 6.14. The van der Waals surface area contributed by atoms with E-state index in [1.807, 2.05) is 40.3 Å². The lowest BCUT2D eigenvalue weighted by atomic mass is 10.3. The van der Waals surface area contributed by atoms with Gasteiger partial charge in [0.15, 0.2) is 10.6 Å². The molecule has 0 radical (unpaired) electrons. The molecule has 0 aliphatic heterocycles. The number of aromatic nitrogens is 3. The number of thiophene rings is 1. The van der Waals surface area contributed by atoms with Crippen molar-refractivity contribution in [3.63, 3.8) is 0 Å². The number of hydrogen-bond acceptors (Lipinski definition) is 3. The fourth-order valence-corrected chi connectivity index (χ4v) is 3.30. The third-order valence-corrected chi connectivity index (χ3v) is 5.10. The standard InChI is InChI=1S/C12H7BrClN3S2/c13-10-7(14)3-1-4-8(10)17-11(15-16-12(17)18)9-5-2-6-19-9/h1-6H,(H,16,18). The van der Waals surface area contributed by atoms with Gasteiger partial charge in [-0.1, -0.05) is 23.7 Å². The molecule has 1 N–H and O–H groups in total. The lowest BCUT2D eigenvalue weighted by Gasteiger charge is -2.08. The summed E-state index contributed by atoms with van der Waals surface area (Å²) < 4.78 is 3.20. The number of nitrogens with zero attached hydrogens (tertiary/aromatic N) is 2. The first kappa shape index (κ1) is 13.1. The number of hydrogen-bond donors (Lipinski definition) is 1. The summed E-state index contributed by atoms with van der Waals surface area (Å²) >= 11 is 16.6. The largest absolute Gasteiger partial charge is 0.266 e. The van der Waals surface area contributed by atoms with Gasteiger partial charge in [-0.2, -0.15) is 5.10 Å². The van der Waals surface area contributed by atoms with E-state index < -0.39 is 0 Å². The van der Waals surface area contributed by atoms with Crippen molar-refractivity contribution in [2.75, 3.05) is 0 Å². The second-order valence-corrected chi connectivity index (χ2v) is 6.27. The Kier molecular flexibility index (Phi) is 3.58. The summed E-state index contributed by atoms with van der Waals surface area (Å²) in [5.41, 5.74) is 0.870. The number of nitrogens with one attached hydrogen (secondary N) is 1. The summed E-state index contributed by atoms with van der Waals surface area (Å²) in [6.07, 6.45) is 0. The second kappa shape index (κ2) is 5.20. The van der Waals surface area contributed by atoms with Crippen molar-refractivity contribution in [3.8, 4) is 16.4 Å². The molecule has 0 atom stereocenters. The summed E-state index contributed by atoms with van der Waals surface area (Å²) in [5, 5.41) is 9.77. The number of halogens is 2. The predicted octanol–water partition coefficient (Wildman–Crippen LogP) is 5.07. The second-order valence-electron chi connectivity index (χ2n) is 3.74. The Morgan fingerprint density at radius 1 is 1.32 bits per heavy atom. The van der Waals surface area contributed by atoms with Crippen molar-refractivity contribution in [2.24, 2.45) is 0 Å². The van der Waals surface area contributed by atoms with E-state index in [0.29, 0.717) is 9.79 Å². The molecule has 0 spiro atoms. The summed E-state index contributed by atoms with van der Waals surface area (Å²) in [7, 11) is 0. The summed E-state index contributed by atoms with van der Waals surface area (Å²) in [6.45, 7) is 0. The molecule has 3 aromatic rings. The van der Waals surface area contributed by atoms with Crippen LogP contribution in [0.25, 0.3) is 16.4 Å². The van der Waals surface area contributed by atoms with Gasteiger partial charge in [0.05, 0.1) is 20.1 Å². The van der Waals surface area contributed by atoms with Crippen LogP contribution in [-0.4, -0.2) is 14.8 Å². The van der Waals surface area contributed by atoms with Crippen LogP contribution in [0.4, 0.5) is 0 Å². The van der Waals surface area contributed by atoms with Gasteiger partial charge < -0.3 is 0 Å². The van der Waals surface area contributed by atoms with Gasteiger partial charge in [0.2, 0.25) is 0 Å². The number of aromatic amines is 1. The van der Waals surface area contributed by atoms with Gasteiger partial charge in [-0.05, 0) is 51.7 Å². The normalized spacial score (nSPS) is 10.8. The lowest BCUT2D eigenvalue weighted by molar-refractivity contribution is 1.03.